The Bertz CT molecular complexity index is 1650. The molecule has 40 heavy (non-hydrogen) atoms. The molecular formula is C26H24F3N9O2. The summed E-state index contributed by atoms with van der Waals surface area (Å²) in [7, 11) is 0. The minimum Gasteiger partial charge on any atom is -0.398 e. The Kier molecular flexibility index (Phi) is 6.04. The van der Waals surface area contributed by atoms with Crippen LogP contribution in [0.25, 0.3) is 16.8 Å². The fourth-order valence-corrected chi connectivity index (χ4v) is 5.49. The third kappa shape index (κ3) is 4.44. The van der Waals surface area contributed by atoms with Gasteiger partial charge in [-0.1, -0.05) is 0 Å². The smallest absolute Gasteiger partial charge is 0.398 e. The van der Waals surface area contributed by atoms with Crippen LogP contribution in [-0.2, 0) is 11.0 Å². The predicted octanol–water partition coefficient (Wildman–Crippen LogP) is 3.49. The molecule has 2 saturated heterocycles. The van der Waals surface area contributed by atoms with E-state index in [9.17, 15) is 22.8 Å². The van der Waals surface area contributed by atoms with E-state index in [0.29, 0.717) is 35.6 Å². The molecular weight excluding hydrogens is 527 g/mol. The van der Waals surface area contributed by atoms with Crippen LogP contribution in [0.4, 0.5) is 30.5 Å². The van der Waals surface area contributed by atoms with Crippen LogP contribution in [0.5, 0.6) is 0 Å². The number of carbonyl (C=O) groups is 2. The Labute approximate surface area is 225 Å². The van der Waals surface area contributed by atoms with Gasteiger partial charge >= 0.3 is 6.18 Å². The summed E-state index contributed by atoms with van der Waals surface area (Å²) >= 11 is 0. The fourth-order valence-electron chi connectivity index (χ4n) is 5.49. The van der Waals surface area contributed by atoms with Gasteiger partial charge in [-0.3, -0.25) is 19.0 Å². The summed E-state index contributed by atoms with van der Waals surface area (Å²) in [5, 5.41) is 2.31. The number of nitrogens with two attached hydrogens (primary N) is 2. The van der Waals surface area contributed by atoms with Crippen LogP contribution < -0.4 is 16.8 Å². The monoisotopic (exact) mass is 551 g/mol. The van der Waals surface area contributed by atoms with Crippen molar-refractivity contribution < 1.29 is 22.8 Å². The second kappa shape index (κ2) is 9.47. The standard InChI is InChI=1S/C26H24F3N9O2/c27-26(28,29)14-5-6-32-19(9-14)35-25(40)18-10-17(30)16(11-34-18)21-22-23(31)33-7-8-37(22)24(36-21)13-1-2-15-3-4-20(39)38(15)12-13/h5-11,13,15H,1-4,12H2,(H2,30,34)(H2,31,33)(H,32,35,40)/t13-,15+/m1/s1. The molecule has 5 N–H and O–H groups in total. The van der Waals surface area contributed by atoms with Crippen molar-refractivity contribution in [1.82, 2.24) is 29.2 Å². The molecule has 206 valence electrons. The molecule has 0 aromatic carbocycles. The van der Waals surface area contributed by atoms with E-state index in [1.54, 1.807) is 12.4 Å². The van der Waals surface area contributed by atoms with Crippen LogP contribution in [0.15, 0.2) is 43.0 Å². The van der Waals surface area contributed by atoms with E-state index >= 15 is 0 Å². The molecule has 0 saturated carbocycles. The quantitative estimate of drug-likeness (QED) is 0.348. The van der Waals surface area contributed by atoms with Crippen LogP contribution in [-0.4, -0.2) is 53.6 Å². The molecule has 14 heteroatoms. The lowest BCUT2D eigenvalue weighted by Crippen LogP contribution is -2.41. The Morgan fingerprint density at radius 1 is 1.07 bits per heavy atom. The molecule has 0 unspecified atom stereocenters. The zero-order chi connectivity index (χ0) is 28.2. The zero-order valence-electron chi connectivity index (χ0n) is 21.0. The molecule has 2 aliphatic rings. The number of imidazole rings is 1. The number of nitrogens with zero attached hydrogens (tertiary/aromatic N) is 6. The van der Waals surface area contributed by atoms with Crippen molar-refractivity contribution in [1.29, 1.82) is 0 Å². The van der Waals surface area contributed by atoms with Gasteiger partial charge in [0.25, 0.3) is 5.91 Å². The first-order chi connectivity index (χ1) is 19.1. The van der Waals surface area contributed by atoms with Crippen molar-refractivity contribution in [2.75, 3.05) is 23.3 Å². The van der Waals surface area contributed by atoms with Crippen molar-refractivity contribution in [3.05, 3.63) is 60.1 Å². The number of hydrogen-bond donors (Lipinski definition) is 3. The molecule has 6 rings (SSSR count). The van der Waals surface area contributed by atoms with Crippen molar-refractivity contribution in [3.8, 4) is 11.3 Å². The summed E-state index contributed by atoms with van der Waals surface area (Å²) in [6.07, 6.45) is 4.23. The van der Waals surface area contributed by atoms with Crippen molar-refractivity contribution >= 4 is 34.7 Å². The maximum atomic E-state index is 13.0. The molecule has 2 atom stereocenters. The summed E-state index contributed by atoms with van der Waals surface area (Å²) in [5.74, 6) is 0.000941. The van der Waals surface area contributed by atoms with Crippen LogP contribution >= 0.6 is 0 Å². The molecule has 6 heterocycles. The molecule has 0 radical (unpaired) electrons. The number of aromatic nitrogens is 5. The highest BCUT2D eigenvalue weighted by atomic mass is 19.4. The number of nitrogens with one attached hydrogen (secondary N) is 1. The molecule has 2 amide bonds. The lowest BCUT2D eigenvalue weighted by molar-refractivity contribution is -0.137. The Balaban J connectivity index is 1.32. The normalized spacial score (nSPS) is 19.2. The number of fused-ring (bicyclic) bond motifs is 2. The van der Waals surface area contributed by atoms with E-state index in [0.717, 1.165) is 37.6 Å². The SMILES string of the molecule is Nc1cc(C(=O)Nc2cc(C(F)(F)F)ccn2)ncc1-c1nc([C@@H]2CC[C@H]3CCC(=O)N3C2)n2ccnc(N)c12. The molecule has 4 aromatic rings. The summed E-state index contributed by atoms with van der Waals surface area (Å²) in [6, 6.07) is 3.11. The predicted molar refractivity (Wildman–Crippen MR) is 139 cm³/mol. The fraction of sp³-hybridized carbons (Fsp3) is 0.308. The topological polar surface area (TPSA) is 157 Å². The second-order valence-electron chi connectivity index (χ2n) is 9.90. The molecule has 0 bridgehead atoms. The highest BCUT2D eigenvalue weighted by molar-refractivity contribution is 6.03. The largest absolute Gasteiger partial charge is 0.416 e. The van der Waals surface area contributed by atoms with Crippen LogP contribution in [0.2, 0.25) is 0 Å². The first-order valence-electron chi connectivity index (χ1n) is 12.6. The number of rotatable bonds is 4. The third-order valence-corrected chi connectivity index (χ3v) is 7.45. The Morgan fingerprint density at radius 3 is 2.67 bits per heavy atom. The van der Waals surface area contributed by atoms with Gasteiger partial charge in [0.1, 0.15) is 34.4 Å². The number of hydrogen-bond acceptors (Lipinski definition) is 8. The van der Waals surface area contributed by atoms with Gasteiger partial charge in [0, 0.05) is 61.0 Å². The summed E-state index contributed by atoms with van der Waals surface area (Å²) in [6.45, 7) is 0.556. The van der Waals surface area contributed by atoms with Gasteiger partial charge < -0.3 is 21.7 Å². The van der Waals surface area contributed by atoms with Gasteiger partial charge in [0.15, 0.2) is 0 Å². The first-order valence-corrected chi connectivity index (χ1v) is 12.6. The maximum Gasteiger partial charge on any atom is 0.416 e. The van der Waals surface area contributed by atoms with Crippen LogP contribution in [0.3, 0.4) is 0 Å². The van der Waals surface area contributed by atoms with Gasteiger partial charge in [-0.05, 0) is 37.5 Å². The minimum atomic E-state index is -4.58. The van der Waals surface area contributed by atoms with E-state index in [1.807, 2.05) is 9.30 Å². The van der Waals surface area contributed by atoms with Crippen LogP contribution in [0, 0.1) is 0 Å². The summed E-state index contributed by atoms with van der Waals surface area (Å²) < 4.78 is 40.9. The second-order valence-corrected chi connectivity index (χ2v) is 9.90. The molecule has 11 nitrogen and oxygen atoms in total. The van der Waals surface area contributed by atoms with Gasteiger partial charge in [-0.2, -0.15) is 13.2 Å². The van der Waals surface area contributed by atoms with Gasteiger partial charge in [-0.25, -0.2) is 15.0 Å². The van der Waals surface area contributed by atoms with Gasteiger partial charge in [0.2, 0.25) is 5.91 Å². The number of alkyl halides is 3. The highest BCUT2D eigenvalue weighted by Gasteiger charge is 2.38. The van der Waals surface area contributed by atoms with E-state index in [4.69, 9.17) is 16.5 Å². The number of anilines is 3. The van der Waals surface area contributed by atoms with Gasteiger partial charge in [0.05, 0.1) is 5.56 Å². The molecule has 0 spiro atoms. The molecule has 2 fully saturated rings. The van der Waals surface area contributed by atoms with Crippen molar-refractivity contribution in [3.63, 3.8) is 0 Å². The maximum absolute atomic E-state index is 13.0. The number of pyridine rings is 2. The average Bonchev–Trinajstić information content (AvgIpc) is 3.49. The van der Waals surface area contributed by atoms with Crippen molar-refractivity contribution in [2.24, 2.45) is 0 Å². The first kappa shape index (κ1) is 25.5. The number of amides is 2. The number of nitrogen functional groups attached to an aromatic ring is 2. The number of carbonyl (C=O) groups excluding carboxylic acids is 2. The highest BCUT2D eigenvalue weighted by Crippen LogP contribution is 2.39. The Hall–Kier alpha value is -4.75. The van der Waals surface area contributed by atoms with E-state index in [-0.39, 0.29) is 40.9 Å². The summed E-state index contributed by atoms with van der Waals surface area (Å²) in [5.41, 5.74) is 13.0. The van der Waals surface area contributed by atoms with Gasteiger partial charge in [-0.15, -0.1) is 0 Å². The molecule has 0 aliphatic carbocycles. The van der Waals surface area contributed by atoms with E-state index in [2.05, 4.69) is 20.3 Å². The van der Waals surface area contributed by atoms with Crippen LogP contribution in [0.1, 0.15) is 53.5 Å². The van der Waals surface area contributed by atoms with E-state index in [1.165, 1.54) is 12.3 Å². The molecule has 4 aromatic heterocycles. The molecule has 2 aliphatic heterocycles. The zero-order valence-corrected chi connectivity index (χ0v) is 21.0. The van der Waals surface area contributed by atoms with E-state index < -0.39 is 17.6 Å². The summed E-state index contributed by atoms with van der Waals surface area (Å²) in [4.78, 5) is 44.1. The number of piperidine rings is 1. The lowest BCUT2D eigenvalue weighted by Gasteiger charge is -2.34. The average molecular weight is 552 g/mol. The minimum absolute atomic E-state index is 0.0273. The third-order valence-electron chi connectivity index (χ3n) is 7.45. The Morgan fingerprint density at radius 2 is 1.90 bits per heavy atom. The lowest BCUT2D eigenvalue weighted by atomic mass is 9.92. The number of halogens is 3. The van der Waals surface area contributed by atoms with Crippen molar-refractivity contribution in [2.45, 2.75) is 43.8 Å².